The summed E-state index contributed by atoms with van der Waals surface area (Å²) in [7, 11) is 10.2. The molecule has 8 rings (SSSR count). The minimum Gasteiger partial charge on any atom is -0.343 e. The molecule has 0 bridgehead atoms. The third kappa shape index (κ3) is 21.2. The third-order valence-corrected chi connectivity index (χ3v) is 23.8. The number of halogens is 4. The van der Waals surface area contributed by atoms with E-state index in [-0.39, 0.29) is 75.7 Å². The van der Waals surface area contributed by atoms with Crippen LogP contribution in [0.4, 0.5) is 13.2 Å². The van der Waals surface area contributed by atoms with Crippen molar-refractivity contribution in [2.45, 2.75) is 260 Å². The average molecular weight is 1480 g/mol. The highest BCUT2D eigenvalue weighted by atomic mass is 35.5. The number of carbonyl (C=O) groups is 12. The van der Waals surface area contributed by atoms with Crippen LogP contribution in [0.25, 0.3) is 0 Å². The van der Waals surface area contributed by atoms with Crippen LogP contribution in [0.2, 0.25) is 5.02 Å². The summed E-state index contributed by atoms with van der Waals surface area (Å²) in [4.78, 5) is 193. The Morgan fingerprint density at radius 2 is 1.12 bits per heavy atom. The number of benzene rings is 1. The Morgan fingerprint density at radius 1 is 0.558 bits per heavy atom. The molecule has 3 N–H and O–H groups in total. The topological polar surface area (TPSA) is 270 Å². The number of hydrogen-bond donors (Lipinski definition) is 3. The molecule has 0 aromatic heterocycles. The van der Waals surface area contributed by atoms with Crippen LogP contribution in [0.3, 0.4) is 0 Å². The van der Waals surface area contributed by atoms with Gasteiger partial charge in [0, 0.05) is 69.0 Å². The van der Waals surface area contributed by atoms with Gasteiger partial charge in [0.1, 0.15) is 47.8 Å². The molecule has 3 saturated heterocycles. The molecule has 104 heavy (non-hydrogen) atoms. The first-order chi connectivity index (χ1) is 49.3. The van der Waals surface area contributed by atoms with Gasteiger partial charge in [0.05, 0.1) is 36.6 Å². The minimum absolute atomic E-state index is 0.0227. The molecule has 1 spiro atoms. The molecule has 1 aromatic carbocycles. The van der Waals surface area contributed by atoms with Crippen molar-refractivity contribution in [3.8, 4) is 0 Å². The zero-order valence-electron chi connectivity index (χ0n) is 63.0. The number of likely N-dealkylation sites (N-methyl/N-ethyl adjacent to an activating group) is 7. The van der Waals surface area contributed by atoms with Crippen molar-refractivity contribution < 1.29 is 70.7 Å². The Hall–Kier alpha value is -7.06. The Labute approximate surface area is 617 Å². The Balaban J connectivity index is 1.17. The minimum atomic E-state index is -4.76. The van der Waals surface area contributed by atoms with Gasteiger partial charge >= 0.3 is 6.18 Å². The van der Waals surface area contributed by atoms with Crippen LogP contribution in [-0.4, -0.2) is 251 Å². The second-order valence-electron chi connectivity index (χ2n) is 31.6. The first-order valence-corrected chi connectivity index (χ1v) is 38.8. The van der Waals surface area contributed by atoms with Gasteiger partial charge in [0.25, 0.3) is 0 Å². The number of aryl methyl sites for hydroxylation is 1. The summed E-state index contributed by atoms with van der Waals surface area (Å²) in [6.45, 7) is 2.96. The number of nitrogens with one attached hydrogen (secondary N) is 3. The summed E-state index contributed by atoms with van der Waals surface area (Å²) in [5.74, 6) is -7.94. The number of rotatable bonds is 11. The molecule has 1 unspecified atom stereocenters. The van der Waals surface area contributed by atoms with Gasteiger partial charge in [-0.3, -0.25) is 57.5 Å². The van der Waals surface area contributed by atoms with Gasteiger partial charge in [-0.2, -0.15) is 13.2 Å². The van der Waals surface area contributed by atoms with Crippen LogP contribution in [0.15, 0.2) is 18.2 Å². The molecule has 7 aliphatic rings. The molecular formula is C76H116ClF3N12O12. The lowest BCUT2D eigenvalue weighted by atomic mass is 9.81. The molecular weight excluding hydrogens is 1370 g/mol. The van der Waals surface area contributed by atoms with Gasteiger partial charge in [0.15, 0.2) is 0 Å². The smallest absolute Gasteiger partial charge is 0.343 e. The molecule has 0 radical (unpaired) electrons. The van der Waals surface area contributed by atoms with E-state index in [4.69, 9.17) is 11.6 Å². The first-order valence-electron chi connectivity index (χ1n) is 38.5. The summed E-state index contributed by atoms with van der Waals surface area (Å²) in [6, 6.07) is -5.41. The van der Waals surface area contributed by atoms with E-state index in [0.29, 0.717) is 63.6 Å². The summed E-state index contributed by atoms with van der Waals surface area (Å²) in [6.07, 6.45) is 11.5. The molecule has 1 aromatic rings. The molecule has 3 aliphatic heterocycles. The van der Waals surface area contributed by atoms with E-state index in [0.717, 1.165) is 112 Å². The van der Waals surface area contributed by atoms with Gasteiger partial charge < -0.3 is 60.0 Å². The van der Waals surface area contributed by atoms with Crippen LogP contribution >= 0.6 is 11.6 Å². The van der Waals surface area contributed by atoms with E-state index in [9.17, 15) is 37.1 Å². The van der Waals surface area contributed by atoms with E-state index in [1.54, 1.807) is 4.90 Å². The molecule has 580 valence electrons. The molecule has 12 amide bonds. The molecule has 28 heteroatoms. The van der Waals surface area contributed by atoms with Crippen LogP contribution in [-0.2, 0) is 70.1 Å². The number of piperidine rings is 1. The summed E-state index contributed by atoms with van der Waals surface area (Å²) in [5.41, 5.74) is -2.33. The van der Waals surface area contributed by atoms with E-state index in [1.807, 2.05) is 13.8 Å². The second-order valence-corrected chi connectivity index (χ2v) is 32.0. The molecule has 7 fully saturated rings. The summed E-state index contributed by atoms with van der Waals surface area (Å²) < 4.78 is 41.7. The van der Waals surface area contributed by atoms with Gasteiger partial charge in [-0.15, -0.1) is 0 Å². The number of hydrogen-bond acceptors (Lipinski definition) is 12. The van der Waals surface area contributed by atoms with Crippen molar-refractivity contribution in [3.05, 3.63) is 34.3 Å². The summed E-state index contributed by atoms with van der Waals surface area (Å²) >= 11 is 6.18. The SMILES string of the molecule is CC(C)C[C@H]1C(=O)N[C@@H](CC2CCCCC2)C(=O)N(C)CC(=O)N(C)CC(=O)N(C)[C@@H](CC2CCCCC2)C(=O)N(C)CC(=O)N[C@@H](CCc2ccc(C(F)(F)F)c(Cl)c2)C(=O)N2CCC[C@H]2C(=O)NC2(CCCC2)C(=O)N(C)C(C2CCCCC2)C(=O)N(C)[C@H](C(=O)N2CCCCC2)CC(=O)N1C. The van der Waals surface area contributed by atoms with Crippen molar-refractivity contribution in [2.75, 3.05) is 88.6 Å². The van der Waals surface area contributed by atoms with E-state index in [2.05, 4.69) is 16.0 Å². The lowest BCUT2D eigenvalue weighted by molar-refractivity contribution is -0.157. The van der Waals surface area contributed by atoms with Crippen LogP contribution in [0, 0.1) is 23.7 Å². The lowest BCUT2D eigenvalue weighted by Crippen LogP contribution is -2.65. The fourth-order valence-electron chi connectivity index (χ4n) is 17.2. The maximum Gasteiger partial charge on any atom is 0.417 e. The largest absolute Gasteiger partial charge is 0.417 e. The number of amides is 12. The zero-order chi connectivity index (χ0) is 75.9. The van der Waals surface area contributed by atoms with Gasteiger partial charge in [0.2, 0.25) is 70.9 Å². The standard InChI is InChI=1S/C76H116ClF3N12O12/c1-49(2)41-59-67(97)82-57(43-50-25-14-10-15-26-50)69(99)86(5)47-64(95)84(3)48-65(96)88(7)60(44-51-27-16-11-17-28-51)71(101)85(4)46-62(93)81-56(35-33-52-32-34-54(55(77)42-52)76(78,79)80)70(100)92-40-24-31-58(92)68(98)83-75(36-20-21-37-75)74(104)90(9)66(53-29-18-12-19-30-53)73(103)89(8)61(45-63(94)87(59)6)72(102)91-38-22-13-23-39-91/h32,34,42,49-51,53,56-61,66H,10-31,33,35-41,43-48H2,1-9H3,(H,81,93)(H,82,97)(H,83,98)/t56-,57-,58-,59-,60-,61-,66?/m0/s1. The highest BCUT2D eigenvalue weighted by Crippen LogP contribution is 2.39. The van der Waals surface area contributed by atoms with Crippen molar-refractivity contribution in [1.29, 1.82) is 0 Å². The number of carbonyl (C=O) groups excluding carboxylic acids is 12. The Morgan fingerprint density at radius 3 is 1.72 bits per heavy atom. The van der Waals surface area contributed by atoms with Crippen LogP contribution in [0.5, 0.6) is 0 Å². The van der Waals surface area contributed by atoms with Gasteiger partial charge in [-0.05, 0) is 131 Å². The van der Waals surface area contributed by atoms with Gasteiger partial charge in [-0.25, -0.2) is 0 Å². The van der Waals surface area contributed by atoms with Crippen molar-refractivity contribution in [1.82, 2.24) is 60.0 Å². The third-order valence-electron chi connectivity index (χ3n) is 23.5. The normalized spacial score (nSPS) is 27.1. The van der Waals surface area contributed by atoms with Crippen molar-refractivity contribution >= 4 is 82.5 Å². The lowest BCUT2D eigenvalue weighted by Gasteiger charge is -2.43. The number of alkyl halides is 3. The molecule has 24 nitrogen and oxygen atoms in total. The Bertz CT molecular complexity index is 3220. The van der Waals surface area contributed by atoms with Crippen molar-refractivity contribution in [2.24, 2.45) is 23.7 Å². The van der Waals surface area contributed by atoms with Gasteiger partial charge in [-0.1, -0.05) is 128 Å². The zero-order valence-corrected chi connectivity index (χ0v) is 63.7. The molecule has 4 saturated carbocycles. The molecule has 4 aliphatic carbocycles. The average Bonchev–Trinajstić information content (AvgIpc) is 1.44. The van der Waals surface area contributed by atoms with Crippen LogP contribution < -0.4 is 16.0 Å². The predicted octanol–water partition coefficient (Wildman–Crippen LogP) is 7.35. The molecule has 3 heterocycles. The quantitative estimate of drug-likeness (QED) is 0.196. The highest BCUT2D eigenvalue weighted by Gasteiger charge is 2.52. The Kier molecular flexibility index (Phi) is 29.7. The van der Waals surface area contributed by atoms with E-state index < -0.39 is 167 Å². The molecule has 7 atom stereocenters. The first kappa shape index (κ1) is 82.6. The maximum absolute atomic E-state index is 15.9. The van der Waals surface area contributed by atoms with Crippen molar-refractivity contribution in [3.63, 3.8) is 0 Å². The maximum atomic E-state index is 15.9. The van der Waals surface area contributed by atoms with E-state index in [1.165, 1.54) is 84.8 Å². The fourth-order valence-corrected chi connectivity index (χ4v) is 17.5. The number of fused-ring (bicyclic) bond motifs is 1. The van der Waals surface area contributed by atoms with E-state index >= 15 is 33.6 Å². The number of likely N-dealkylation sites (tertiary alicyclic amines) is 1. The highest BCUT2D eigenvalue weighted by molar-refractivity contribution is 6.31. The number of nitrogens with zero attached hydrogens (tertiary/aromatic N) is 9. The monoisotopic (exact) mass is 1480 g/mol. The summed E-state index contributed by atoms with van der Waals surface area (Å²) in [5, 5.41) is 8.32. The predicted molar refractivity (Wildman–Crippen MR) is 385 cm³/mol. The second kappa shape index (κ2) is 37.5. The van der Waals surface area contributed by atoms with Crippen LogP contribution in [0.1, 0.15) is 211 Å². The fraction of sp³-hybridized carbons (Fsp3) is 0.763.